The number of carbonyl (C=O) groups is 1. The maximum absolute atomic E-state index is 12.4. The molecule has 0 aliphatic rings. The number of nitrogens with one attached hydrogen (secondary N) is 1. The molecule has 0 aliphatic carbocycles. The van der Waals surface area contributed by atoms with Gasteiger partial charge in [-0.3, -0.25) is 4.79 Å². The number of carbonyl (C=O) groups excluding carboxylic acids is 1. The highest BCUT2D eigenvalue weighted by molar-refractivity contribution is 7.13. The molecule has 2 aromatic carbocycles. The average Bonchev–Trinajstić information content (AvgIpc) is 3.16. The summed E-state index contributed by atoms with van der Waals surface area (Å²) in [6.45, 7) is 6.02. The van der Waals surface area contributed by atoms with Gasteiger partial charge in [0.2, 0.25) is 0 Å². The van der Waals surface area contributed by atoms with Crippen LogP contribution in [0.3, 0.4) is 0 Å². The first-order valence-electron chi connectivity index (χ1n) is 8.36. The van der Waals surface area contributed by atoms with Gasteiger partial charge >= 0.3 is 0 Å². The molecule has 1 aromatic heterocycles. The summed E-state index contributed by atoms with van der Waals surface area (Å²) in [5.74, 6) is 1.01. The molecule has 0 spiro atoms. The molecule has 0 saturated heterocycles. The van der Waals surface area contributed by atoms with E-state index >= 15 is 0 Å². The quantitative estimate of drug-likeness (QED) is 0.590. The van der Waals surface area contributed by atoms with Crippen molar-refractivity contribution in [2.45, 2.75) is 6.92 Å². The molecule has 1 heterocycles. The van der Waals surface area contributed by atoms with Crippen LogP contribution in [0.4, 0.5) is 5.69 Å². The van der Waals surface area contributed by atoms with Crippen molar-refractivity contribution in [3.8, 4) is 22.1 Å². The number of nitrogens with zero attached hydrogens (tertiary/aromatic N) is 1. The zero-order chi connectivity index (χ0) is 19.2. The first-order chi connectivity index (χ1) is 13.1. The molecule has 0 bridgehead atoms. The van der Waals surface area contributed by atoms with E-state index in [-0.39, 0.29) is 5.91 Å². The van der Waals surface area contributed by atoms with E-state index in [2.05, 4.69) is 16.9 Å². The molecule has 0 atom stereocenters. The van der Waals surface area contributed by atoms with Gasteiger partial charge in [0.25, 0.3) is 5.91 Å². The van der Waals surface area contributed by atoms with Crippen molar-refractivity contribution in [1.29, 1.82) is 0 Å². The van der Waals surface area contributed by atoms with E-state index in [1.54, 1.807) is 18.6 Å². The van der Waals surface area contributed by atoms with E-state index in [9.17, 15) is 4.79 Å². The second-order valence-electron chi connectivity index (χ2n) is 5.83. The van der Waals surface area contributed by atoms with Crippen LogP contribution in [0.2, 0.25) is 0 Å². The number of rotatable bonds is 7. The molecule has 0 aliphatic heterocycles. The van der Waals surface area contributed by atoms with E-state index in [0.717, 1.165) is 21.8 Å². The van der Waals surface area contributed by atoms with Crippen molar-refractivity contribution < 1.29 is 14.3 Å². The van der Waals surface area contributed by atoms with Crippen LogP contribution in [-0.2, 0) is 0 Å². The lowest BCUT2D eigenvalue weighted by atomic mass is 10.2. The first kappa shape index (κ1) is 18.7. The maximum atomic E-state index is 12.4. The molecular weight excluding hydrogens is 360 g/mol. The predicted octanol–water partition coefficient (Wildman–Crippen LogP) is 4.94. The summed E-state index contributed by atoms with van der Waals surface area (Å²) in [5, 5.41) is 5.35. The SMILES string of the molecule is C=CCOc1ccc(-c2nc(C(=O)Nc3cccc(C)c3)cs2)cc1OC. The van der Waals surface area contributed by atoms with Gasteiger partial charge in [-0.2, -0.15) is 0 Å². The van der Waals surface area contributed by atoms with E-state index in [0.29, 0.717) is 23.8 Å². The van der Waals surface area contributed by atoms with Gasteiger partial charge in [-0.1, -0.05) is 24.8 Å². The molecule has 1 amide bonds. The molecule has 0 saturated carbocycles. The monoisotopic (exact) mass is 380 g/mol. The van der Waals surface area contributed by atoms with Crippen LogP contribution in [0.25, 0.3) is 10.6 Å². The Morgan fingerprint density at radius 1 is 1.26 bits per heavy atom. The minimum Gasteiger partial charge on any atom is -0.493 e. The third kappa shape index (κ3) is 4.54. The highest BCUT2D eigenvalue weighted by Gasteiger charge is 2.14. The summed E-state index contributed by atoms with van der Waals surface area (Å²) < 4.78 is 11.0. The van der Waals surface area contributed by atoms with Gasteiger partial charge < -0.3 is 14.8 Å². The third-order valence-corrected chi connectivity index (χ3v) is 4.67. The minimum atomic E-state index is -0.235. The highest BCUT2D eigenvalue weighted by Crippen LogP contribution is 2.34. The lowest BCUT2D eigenvalue weighted by Crippen LogP contribution is -2.12. The van der Waals surface area contributed by atoms with Crippen molar-refractivity contribution in [3.05, 3.63) is 71.8 Å². The minimum absolute atomic E-state index is 0.235. The summed E-state index contributed by atoms with van der Waals surface area (Å²) in [6, 6.07) is 13.2. The van der Waals surface area contributed by atoms with Gasteiger partial charge in [0, 0.05) is 16.6 Å². The normalized spacial score (nSPS) is 10.3. The Morgan fingerprint density at radius 3 is 2.85 bits per heavy atom. The van der Waals surface area contributed by atoms with Gasteiger partial charge in [-0.25, -0.2) is 4.98 Å². The second-order valence-corrected chi connectivity index (χ2v) is 6.68. The number of benzene rings is 2. The fourth-order valence-corrected chi connectivity index (χ4v) is 3.29. The average molecular weight is 380 g/mol. The molecule has 5 nitrogen and oxygen atoms in total. The summed E-state index contributed by atoms with van der Waals surface area (Å²) >= 11 is 1.40. The lowest BCUT2D eigenvalue weighted by Gasteiger charge is -2.10. The molecule has 0 unspecified atom stereocenters. The third-order valence-electron chi connectivity index (χ3n) is 3.78. The number of amides is 1. The van der Waals surface area contributed by atoms with E-state index < -0.39 is 0 Å². The van der Waals surface area contributed by atoms with E-state index in [1.165, 1.54) is 11.3 Å². The number of aryl methyl sites for hydroxylation is 1. The molecule has 3 aromatic rings. The van der Waals surface area contributed by atoms with Crippen LogP contribution >= 0.6 is 11.3 Å². The van der Waals surface area contributed by atoms with Crippen molar-refractivity contribution in [2.24, 2.45) is 0 Å². The largest absolute Gasteiger partial charge is 0.493 e. The van der Waals surface area contributed by atoms with Gasteiger partial charge in [0.05, 0.1) is 7.11 Å². The summed E-state index contributed by atoms with van der Waals surface area (Å²) in [7, 11) is 1.59. The van der Waals surface area contributed by atoms with Gasteiger partial charge in [0.15, 0.2) is 11.5 Å². The standard InChI is InChI=1S/C21H20N2O3S/c1-4-10-26-18-9-8-15(12-19(18)25-3)21-23-17(13-27-21)20(24)22-16-7-5-6-14(2)11-16/h4-9,11-13H,1,10H2,2-3H3,(H,22,24). The van der Waals surface area contributed by atoms with Gasteiger partial charge in [-0.15, -0.1) is 11.3 Å². The zero-order valence-corrected chi connectivity index (χ0v) is 16.0. The molecule has 138 valence electrons. The smallest absolute Gasteiger partial charge is 0.275 e. The molecule has 27 heavy (non-hydrogen) atoms. The van der Waals surface area contributed by atoms with E-state index in [4.69, 9.17) is 9.47 Å². The van der Waals surface area contributed by atoms with Crippen LogP contribution in [0.1, 0.15) is 16.1 Å². The van der Waals surface area contributed by atoms with Crippen molar-refractivity contribution in [1.82, 2.24) is 4.98 Å². The number of thiazole rings is 1. The van der Waals surface area contributed by atoms with Gasteiger partial charge in [-0.05, 0) is 42.8 Å². The number of ether oxygens (including phenoxy) is 2. The fourth-order valence-electron chi connectivity index (χ4n) is 2.50. The molecule has 1 N–H and O–H groups in total. The van der Waals surface area contributed by atoms with Crippen molar-refractivity contribution in [3.63, 3.8) is 0 Å². The Hall–Kier alpha value is -3.12. The van der Waals surface area contributed by atoms with Crippen LogP contribution < -0.4 is 14.8 Å². The predicted molar refractivity (Wildman–Crippen MR) is 109 cm³/mol. The summed E-state index contributed by atoms with van der Waals surface area (Å²) in [6.07, 6.45) is 1.67. The number of hydrogen-bond acceptors (Lipinski definition) is 5. The topological polar surface area (TPSA) is 60.5 Å². The highest BCUT2D eigenvalue weighted by atomic mass is 32.1. The van der Waals surface area contributed by atoms with Crippen LogP contribution in [0.5, 0.6) is 11.5 Å². The summed E-state index contributed by atoms with van der Waals surface area (Å²) in [5.41, 5.74) is 3.07. The van der Waals surface area contributed by atoms with Crippen LogP contribution in [-0.4, -0.2) is 24.6 Å². The Bertz CT molecular complexity index is 966. The molecule has 6 heteroatoms. The van der Waals surface area contributed by atoms with Crippen molar-refractivity contribution >= 4 is 22.9 Å². The Kier molecular flexibility index (Phi) is 5.88. The lowest BCUT2D eigenvalue weighted by molar-refractivity contribution is 0.102. The Labute approximate surface area is 162 Å². The molecule has 0 fully saturated rings. The second kappa shape index (κ2) is 8.51. The molecule has 3 rings (SSSR count). The van der Waals surface area contributed by atoms with E-state index in [1.807, 2.05) is 49.4 Å². The van der Waals surface area contributed by atoms with Crippen molar-refractivity contribution in [2.75, 3.05) is 19.0 Å². The number of methoxy groups -OCH3 is 1. The Balaban J connectivity index is 1.78. The number of anilines is 1. The molecule has 0 radical (unpaired) electrons. The number of aromatic nitrogens is 1. The Morgan fingerprint density at radius 2 is 2.11 bits per heavy atom. The van der Waals surface area contributed by atoms with Crippen LogP contribution in [0, 0.1) is 6.92 Å². The van der Waals surface area contributed by atoms with Gasteiger partial charge in [0.1, 0.15) is 17.3 Å². The number of hydrogen-bond donors (Lipinski definition) is 1. The fraction of sp³-hybridized carbons (Fsp3) is 0.143. The first-order valence-corrected chi connectivity index (χ1v) is 9.24. The maximum Gasteiger partial charge on any atom is 0.275 e. The molecular formula is C21H20N2O3S. The summed E-state index contributed by atoms with van der Waals surface area (Å²) in [4.78, 5) is 16.9. The zero-order valence-electron chi connectivity index (χ0n) is 15.2. The van der Waals surface area contributed by atoms with Crippen LogP contribution in [0.15, 0.2) is 60.5 Å².